The number of hydrogen-bond donors (Lipinski definition) is 1. The second-order valence-corrected chi connectivity index (χ2v) is 8.38. The maximum Gasteiger partial charge on any atom is 0.247 e. The van der Waals surface area contributed by atoms with Crippen LogP contribution in [-0.4, -0.2) is 21.7 Å². The van der Waals surface area contributed by atoms with E-state index >= 15 is 0 Å². The highest BCUT2D eigenvalue weighted by Crippen LogP contribution is 2.25. The van der Waals surface area contributed by atoms with E-state index in [1.807, 2.05) is 103 Å². The van der Waals surface area contributed by atoms with Gasteiger partial charge in [0.15, 0.2) is 0 Å². The van der Waals surface area contributed by atoms with Crippen LogP contribution in [0.1, 0.15) is 34.7 Å². The van der Waals surface area contributed by atoms with Crippen LogP contribution in [0, 0.1) is 0 Å². The Morgan fingerprint density at radius 1 is 0.714 bits per heavy atom. The molecule has 1 heterocycles. The van der Waals surface area contributed by atoms with Gasteiger partial charge in [-0.15, -0.1) is 0 Å². The zero-order valence-corrected chi connectivity index (χ0v) is 19.6. The molecule has 0 saturated heterocycles. The van der Waals surface area contributed by atoms with Crippen molar-refractivity contribution in [3.8, 4) is 0 Å². The van der Waals surface area contributed by atoms with Gasteiger partial charge in [0.05, 0.1) is 0 Å². The molecule has 0 fully saturated rings. The number of pyridine rings is 1. The molecule has 0 aliphatic carbocycles. The molecule has 1 N–H and O–H groups in total. The van der Waals surface area contributed by atoms with Crippen LogP contribution in [0.5, 0.6) is 0 Å². The maximum atomic E-state index is 13.7. The summed E-state index contributed by atoms with van der Waals surface area (Å²) >= 11 is 0. The Kier molecular flexibility index (Phi) is 8.38. The summed E-state index contributed by atoms with van der Waals surface area (Å²) < 4.78 is 0. The van der Waals surface area contributed by atoms with Crippen LogP contribution in [0.15, 0.2) is 116 Å². The van der Waals surface area contributed by atoms with Crippen molar-refractivity contribution in [1.82, 2.24) is 15.2 Å². The number of carbonyl (C=O) groups excluding carboxylic acids is 2. The van der Waals surface area contributed by atoms with Crippen LogP contribution in [0.4, 0.5) is 0 Å². The molecule has 4 aromatic rings. The summed E-state index contributed by atoms with van der Waals surface area (Å²) in [5, 5.41) is 3.03. The molecule has 0 radical (unpaired) electrons. The molecule has 1 unspecified atom stereocenters. The molecule has 0 spiro atoms. The van der Waals surface area contributed by atoms with Crippen LogP contribution >= 0.6 is 0 Å². The van der Waals surface area contributed by atoms with Gasteiger partial charge in [-0.2, -0.15) is 0 Å². The topological polar surface area (TPSA) is 62.3 Å². The Bertz CT molecular complexity index is 1200. The van der Waals surface area contributed by atoms with Crippen LogP contribution in [-0.2, 0) is 29.1 Å². The standard InChI is InChI=1S/C30H29N3O2/c34-28(17-16-24-10-4-1-5-11-24)33(23-26-12-6-2-7-13-26)29(27-14-8-3-9-15-27)30(35)32-22-25-18-20-31-21-19-25/h1-15,18-21,29H,16-17,22-23H2,(H,32,35). The summed E-state index contributed by atoms with van der Waals surface area (Å²) in [5.74, 6) is -0.275. The number of aryl methyl sites for hydroxylation is 1. The molecule has 4 rings (SSSR count). The van der Waals surface area contributed by atoms with Crippen molar-refractivity contribution in [2.45, 2.75) is 32.0 Å². The van der Waals surface area contributed by atoms with Gasteiger partial charge in [-0.1, -0.05) is 91.0 Å². The summed E-state index contributed by atoms with van der Waals surface area (Å²) in [6.07, 6.45) is 4.33. The summed E-state index contributed by atoms with van der Waals surface area (Å²) in [6, 6.07) is 32.2. The smallest absolute Gasteiger partial charge is 0.247 e. The van der Waals surface area contributed by atoms with E-state index in [4.69, 9.17) is 0 Å². The van der Waals surface area contributed by atoms with Crippen molar-refractivity contribution < 1.29 is 9.59 Å². The van der Waals surface area contributed by atoms with E-state index in [1.165, 1.54) is 0 Å². The predicted octanol–water partition coefficient (Wildman–Crippen LogP) is 5.10. The Morgan fingerprint density at radius 3 is 1.91 bits per heavy atom. The molecule has 1 aromatic heterocycles. The molecule has 5 heteroatoms. The monoisotopic (exact) mass is 463 g/mol. The average molecular weight is 464 g/mol. The lowest BCUT2D eigenvalue weighted by atomic mass is 10.0. The molecule has 0 saturated carbocycles. The summed E-state index contributed by atoms with van der Waals surface area (Å²) in [4.78, 5) is 33.0. The molecule has 0 aliphatic rings. The molecule has 0 bridgehead atoms. The molecule has 35 heavy (non-hydrogen) atoms. The highest BCUT2D eigenvalue weighted by molar-refractivity contribution is 5.88. The molecular weight excluding hydrogens is 434 g/mol. The van der Waals surface area contributed by atoms with Crippen LogP contribution < -0.4 is 5.32 Å². The third-order valence-corrected chi connectivity index (χ3v) is 5.88. The average Bonchev–Trinajstić information content (AvgIpc) is 2.92. The van der Waals surface area contributed by atoms with Crippen molar-refractivity contribution in [2.24, 2.45) is 0 Å². The molecule has 1 atom stereocenters. The minimum Gasteiger partial charge on any atom is -0.350 e. The highest BCUT2D eigenvalue weighted by Gasteiger charge is 2.31. The van der Waals surface area contributed by atoms with E-state index in [-0.39, 0.29) is 11.8 Å². The maximum absolute atomic E-state index is 13.7. The van der Waals surface area contributed by atoms with Crippen molar-refractivity contribution in [1.29, 1.82) is 0 Å². The fourth-order valence-electron chi connectivity index (χ4n) is 4.04. The highest BCUT2D eigenvalue weighted by atomic mass is 16.2. The third-order valence-electron chi connectivity index (χ3n) is 5.88. The second-order valence-electron chi connectivity index (χ2n) is 8.38. The first kappa shape index (κ1) is 23.9. The van der Waals surface area contributed by atoms with Gasteiger partial charge >= 0.3 is 0 Å². The van der Waals surface area contributed by atoms with Gasteiger partial charge in [0.2, 0.25) is 11.8 Å². The number of hydrogen-bond acceptors (Lipinski definition) is 3. The van der Waals surface area contributed by atoms with Crippen LogP contribution in [0.3, 0.4) is 0 Å². The summed E-state index contributed by atoms with van der Waals surface area (Å²) in [7, 11) is 0. The Hall–Kier alpha value is -4.25. The Labute approximate surface area is 206 Å². The lowest BCUT2D eigenvalue weighted by Gasteiger charge is -2.32. The van der Waals surface area contributed by atoms with Gasteiger partial charge in [0.25, 0.3) is 0 Å². The van der Waals surface area contributed by atoms with Crippen LogP contribution in [0.25, 0.3) is 0 Å². The first-order chi connectivity index (χ1) is 17.2. The van der Waals surface area contributed by atoms with E-state index in [0.717, 1.165) is 22.3 Å². The first-order valence-corrected chi connectivity index (χ1v) is 11.8. The summed E-state index contributed by atoms with van der Waals surface area (Å²) in [5.41, 5.74) is 3.80. The van der Waals surface area contributed by atoms with Crippen molar-refractivity contribution in [3.05, 3.63) is 138 Å². The zero-order valence-electron chi connectivity index (χ0n) is 19.6. The number of nitrogens with zero attached hydrogens (tertiary/aromatic N) is 2. The predicted molar refractivity (Wildman–Crippen MR) is 137 cm³/mol. The minimum atomic E-state index is -0.749. The van der Waals surface area contributed by atoms with Gasteiger partial charge in [0.1, 0.15) is 6.04 Å². The number of amides is 2. The number of rotatable bonds is 10. The molecule has 5 nitrogen and oxygen atoms in total. The Morgan fingerprint density at radius 2 is 1.29 bits per heavy atom. The fraction of sp³-hybridized carbons (Fsp3) is 0.167. The number of benzene rings is 3. The second kappa shape index (κ2) is 12.3. The Balaban J connectivity index is 1.61. The largest absolute Gasteiger partial charge is 0.350 e. The van der Waals surface area contributed by atoms with Crippen molar-refractivity contribution in [3.63, 3.8) is 0 Å². The van der Waals surface area contributed by atoms with E-state index in [1.54, 1.807) is 17.3 Å². The number of carbonyl (C=O) groups is 2. The first-order valence-electron chi connectivity index (χ1n) is 11.8. The molecular formula is C30H29N3O2. The number of nitrogens with one attached hydrogen (secondary N) is 1. The van der Waals surface area contributed by atoms with E-state index < -0.39 is 6.04 Å². The van der Waals surface area contributed by atoms with Gasteiger partial charge < -0.3 is 10.2 Å². The van der Waals surface area contributed by atoms with Crippen molar-refractivity contribution in [2.75, 3.05) is 0 Å². The van der Waals surface area contributed by atoms with Gasteiger partial charge in [-0.05, 0) is 40.8 Å². The van der Waals surface area contributed by atoms with Gasteiger partial charge in [0, 0.05) is 31.9 Å². The van der Waals surface area contributed by atoms with E-state index in [0.29, 0.717) is 25.9 Å². The van der Waals surface area contributed by atoms with Gasteiger partial charge in [-0.25, -0.2) is 0 Å². The minimum absolute atomic E-state index is 0.0642. The van der Waals surface area contributed by atoms with Gasteiger partial charge in [-0.3, -0.25) is 14.6 Å². The quantitative estimate of drug-likeness (QED) is 0.356. The lowest BCUT2D eigenvalue weighted by Crippen LogP contribution is -2.43. The summed E-state index contributed by atoms with van der Waals surface area (Å²) in [6.45, 7) is 0.707. The number of aromatic nitrogens is 1. The molecule has 2 amide bonds. The normalized spacial score (nSPS) is 11.4. The lowest BCUT2D eigenvalue weighted by molar-refractivity contribution is -0.141. The van der Waals surface area contributed by atoms with E-state index in [9.17, 15) is 9.59 Å². The molecule has 3 aromatic carbocycles. The zero-order chi connectivity index (χ0) is 24.3. The molecule has 0 aliphatic heterocycles. The van der Waals surface area contributed by atoms with Crippen molar-refractivity contribution >= 4 is 11.8 Å². The molecule has 176 valence electrons. The fourth-order valence-corrected chi connectivity index (χ4v) is 4.04. The van der Waals surface area contributed by atoms with Crippen LogP contribution in [0.2, 0.25) is 0 Å². The SMILES string of the molecule is O=C(NCc1ccncc1)C(c1ccccc1)N(Cc1ccccc1)C(=O)CCc1ccccc1. The third kappa shape index (κ3) is 6.87. The van der Waals surface area contributed by atoms with E-state index in [2.05, 4.69) is 10.3 Å².